The molecule has 1 aromatic carbocycles. The first-order valence-electron chi connectivity index (χ1n) is 7.51. The molecule has 1 aliphatic heterocycles. The lowest BCUT2D eigenvalue weighted by Crippen LogP contribution is -2.38. The molecule has 0 radical (unpaired) electrons. The van der Waals surface area contributed by atoms with Gasteiger partial charge in [0.2, 0.25) is 5.91 Å². The molecular formula is C16H22N2OS. The molecule has 1 fully saturated rings. The fourth-order valence-corrected chi connectivity index (χ4v) is 4.29. The van der Waals surface area contributed by atoms with Crippen LogP contribution >= 0.6 is 11.8 Å². The molecule has 1 aliphatic carbocycles. The predicted octanol–water partition coefficient (Wildman–Crippen LogP) is 2.86. The molecule has 0 aromatic heterocycles. The van der Waals surface area contributed by atoms with Gasteiger partial charge in [-0.1, -0.05) is 18.2 Å². The van der Waals surface area contributed by atoms with Gasteiger partial charge in [-0.25, -0.2) is 0 Å². The van der Waals surface area contributed by atoms with E-state index in [1.807, 2.05) is 11.8 Å². The highest BCUT2D eigenvalue weighted by atomic mass is 32.2. The molecule has 4 heteroatoms. The van der Waals surface area contributed by atoms with Gasteiger partial charge in [0.05, 0.1) is 6.04 Å². The van der Waals surface area contributed by atoms with E-state index in [1.54, 1.807) is 0 Å². The molecular weight excluding hydrogens is 268 g/mol. The first-order valence-corrected chi connectivity index (χ1v) is 8.50. The predicted molar refractivity (Wildman–Crippen MR) is 82.6 cm³/mol. The maximum atomic E-state index is 12.4. The van der Waals surface area contributed by atoms with E-state index >= 15 is 0 Å². The molecule has 20 heavy (non-hydrogen) atoms. The highest BCUT2D eigenvalue weighted by Crippen LogP contribution is 2.36. The number of hydrogen-bond acceptors (Lipinski definition) is 3. The van der Waals surface area contributed by atoms with E-state index in [4.69, 9.17) is 5.73 Å². The molecule has 108 valence electrons. The molecule has 3 N–H and O–H groups in total. The molecule has 0 spiro atoms. The third-order valence-corrected chi connectivity index (χ3v) is 5.54. The topological polar surface area (TPSA) is 55.1 Å². The van der Waals surface area contributed by atoms with E-state index in [9.17, 15) is 4.79 Å². The lowest BCUT2D eigenvalue weighted by Gasteiger charge is -2.30. The maximum Gasteiger partial charge on any atom is 0.223 e. The van der Waals surface area contributed by atoms with Gasteiger partial charge in [-0.3, -0.25) is 4.79 Å². The molecule has 0 saturated heterocycles. The third kappa shape index (κ3) is 3.01. The van der Waals surface area contributed by atoms with Gasteiger partial charge in [-0.15, -0.1) is 11.8 Å². The van der Waals surface area contributed by atoms with Crippen LogP contribution in [0.15, 0.2) is 29.2 Å². The van der Waals surface area contributed by atoms with Crippen LogP contribution in [0.5, 0.6) is 0 Å². The Kier molecular flexibility index (Phi) is 4.32. The minimum atomic E-state index is 0.163. The summed E-state index contributed by atoms with van der Waals surface area (Å²) < 4.78 is 0. The lowest BCUT2D eigenvalue weighted by atomic mass is 9.85. The van der Waals surface area contributed by atoms with Crippen molar-refractivity contribution in [2.75, 3.05) is 5.75 Å². The summed E-state index contributed by atoms with van der Waals surface area (Å²) in [5.74, 6) is 1.47. The van der Waals surface area contributed by atoms with E-state index in [-0.39, 0.29) is 17.9 Å². The normalized spacial score (nSPS) is 29.6. The largest absolute Gasteiger partial charge is 0.349 e. The average Bonchev–Trinajstić information content (AvgIpc) is 2.48. The monoisotopic (exact) mass is 290 g/mol. The number of amides is 1. The number of fused-ring (bicyclic) bond motifs is 1. The molecule has 1 saturated carbocycles. The smallest absolute Gasteiger partial charge is 0.223 e. The summed E-state index contributed by atoms with van der Waals surface area (Å²) in [4.78, 5) is 13.7. The van der Waals surface area contributed by atoms with Crippen molar-refractivity contribution in [1.29, 1.82) is 0 Å². The molecule has 1 amide bonds. The number of carbonyl (C=O) groups excluding carboxylic acids is 1. The van der Waals surface area contributed by atoms with Crippen molar-refractivity contribution >= 4 is 17.7 Å². The molecule has 2 aliphatic rings. The zero-order valence-corrected chi connectivity index (χ0v) is 12.5. The second-order valence-electron chi connectivity index (χ2n) is 5.85. The fraction of sp³-hybridized carbons (Fsp3) is 0.562. The van der Waals surface area contributed by atoms with Crippen LogP contribution in [0.4, 0.5) is 0 Å². The zero-order chi connectivity index (χ0) is 13.9. The Balaban J connectivity index is 1.65. The van der Waals surface area contributed by atoms with Crippen molar-refractivity contribution in [3.8, 4) is 0 Å². The summed E-state index contributed by atoms with van der Waals surface area (Å²) in [6.07, 6.45) is 4.87. The zero-order valence-electron chi connectivity index (χ0n) is 11.7. The second kappa shape index (κ2) is 6.19. The van der Waals surface area contributed by atoms with E-state index in [0.717, 1.165) is 37.9 Å². The SMILES string of the molecule is NC1CCC(C(=O)NC2CCSc3ccccc32)CC1. The quantitative estimate of drug-likeness (QED) is 0.880. The summed E-state index contributed by atoms with van der Waals surface area (Å²) >= 11 is 1.89. The highest BCUT2D eigenvalue weighted by Gasteiger charge is 2.28. The average molecular weight is 290 g/mol. The Morgan fingerprint density at radius 2 is 1.90 bits per heavy atom. The van der Waals surface area contributed by atoms with Crippen LogP contribution in [-0.2, 0) is 4.79 Å². The minimum Gasteiger partial charge on any atom is -0.349 e. The number of nitrogens with two attached hydrogens (primary N) is 1. The van der Waals surface area contributed by atoms with Crippen molar-refractivity contribution in [3.05, 3.63) is 29.8 Å². The van der Waals surface area contributed by atoms with Gasteiger partial charge in [-0.2, -0.15) is 0 Å². The van der Waals surface area contributed by atoms with Gasteiger partial charge in [0.1, 0.15) is 0 Å². The van der Waals surface area contributed by atoms with Gasteiger partial charge in [0, 0.05) is 22.6 Å². The summed E-state index contributed by atoms with van der Waals surface area (Å²) in [6, 6.07) is 8.91. The van der Waals surface area contributed by atoms with E-state index in [0.29, 0.717) is 6.04 Å². The maximum absolute atomic E-state index is 12.4. The number of nitrogens with one attached hydrogen (secondary N) is 1. The fourth-order valence-electron chi connectivity index (χ4n) is 3.16. The Bertz CT molecular complexity index is 483. The Labute approximate surface area is 124 Å². The van der Waals surface area contributed by atoms with Gasteiger partial charge in [0.15, 0.2) is 0 Å². The first-order chi connectivity index (χ1) is 9.74. The van der Waals surface area contributed by atoms with Gasteiger partial charge < -0.3 is 11.1 Å². The Hall–Kier alpha value is -1.00. The van der Waals surface area contributed by atoms with Crippen molar-refractivity contribution in [2.24, 2.45) is 11.7 Å². The summed E-state index contributed by atoms with van der Waals surface area (Å²) in [7, 11) is 0. The Morgan fingerprint density at radius 1 is 1.15 bits per heavy atom. The molecule has 1 unspecified atom stereocenters. The molecule has 3 rings (SSSR count). The summed E-state index contributed by atoms with van der Waals surface area (Å²) in [5.41, 5.74) is 7.19. The number of carbonyl (C=O) groups is 1. The summed E-state index contributed by atoms with van der Waals surface area (Å²) in [5, 5.41) is 3.27. The van der Waals surface area contributed by atoms with Crippen LogP contribution in [0, 0.1) is 5.92 Å². The standard InChI is InChI=1S/C16H22N2OS/c17-12-7-5-11(6-8-12)16(19)18-14-9-10-20-15-4-2-1-3-13(14)15/h1-4,11-12,14H,5-10,17H2,(H,18,19). The minimum absolute atomic E-state index is 0.163. The molecule has 0 bridgehead atoms. The van der Waals surface area contributed by atoms with Crippen molar-refractivity contribution < 1.29 is 4.79 Å². The number of hydrogen-bond donors (Lipinski definition) is 2. The number of rotatable bonds is 2. The Morgan fingerprint density at radius 3 is 2.70 bits per heavy atom. The van der Waals surface area contributed by atoms with Crippen molar-refractivity contribution in [3.63, 3.8) is 0 Å². The molecule has 3 nitrogen and oxygen atoms in total. The van der Waals surface area contributed by atoms with Crippen LogP contribution in [0.3, 0.4) is 0 Å². The van der Waals surface area contributed by atoms with Crippen LogP contribution in [0.25, 0.3) is 0 Å². The number of thioether (sulfide) groups is 1. The second-order valence-corrected chi connectivity index (χ2v) is 6.98. The summed E-state index contributed by atoms with van der Waals surface area (Å²) in [6.45, 7) is 0. The highest BCUT2D eigenvalue weighted by molar-refractivity contribution is 7.99. The van der Waals surface area contributed by atoms with Crippen molar-refractivity contribution in [1.82, 2.24) is 5.32 Å². The van der Waals surface area contributed by atoms with Crippen LogP contribution in [0.2, 0.25) is 0 Å². The molecule has 1 atom stereocenters. The van der Waals surface area contributed by atoms with Crippen molar-refractivity contribution in [2.45, 2.75) is 49.1 Å². The van der Waals surface area contributed by atoms with E-state index in [1.165, 1.54) is 10.5 Å². The van der Waals surface area contributed by atoms with E-state index < -0.39 is 0 Å². The van der Waals surface area contributed by atoms with Crippen LogP contribution in [-0.4, -0.2) is 17.7 Å². The lowest BCUT2D eigenvalue weighted by molar-refractivity contribution is -0.126. The van der Waals surface area contributed by atoms with E-state index in [2.05, 4.69) is 29.6 Å². The van der Waals surface area contributed by atoms with Gasteiger partial charge >= 0.3 is 0 Å². The van der Waals surface area contributed by atoms with Gasteiger partial charge in [0.25, 0.3) is 0 Å². The van der Waals surface area contributed by atoms with Crippen LogP contribution < -0.4 is 11.1 Å². The van der Waals surface area contributed by atoms with Crippen LogP contribution in [0.1, 0.15) is 43.7 Å². The number of benzene rings is 1. The molecule has 1 heterocycles. The first kappa shape index (κ1) is 14.0. The third-order valence-electron chi connectivity index (χ3n) is 4.42. The molecule has 1 aromatic rings. The van der Waals surface area contributed by atoms with Gasteiger partial charge in [-0.05, 0) is 43.7 Å².